The molecule has 1 aromatic carbocycles. The zero-order valence-corrected chi connectivity index (χ0v) is 20.6. The Balaban J connectivity index is 1.65. The number of benzene rings is 1. The molecule has 32 heavy (non-hydrogen) atoms. The van der Waals surface area contributed by atoms with E-state index in [2.05, 4.69) is 52.1 Å². The molecular weight excluding hydrogens is 444 g/mol. The van der Waals surface area contributed by atoms with Gasteiger partial charge in [0.05, 0.1) is 11.4 Å². The number of hydrogen-bond donors (Lipinski definition) is 2. The Hall–Kier alpha value is -2.23. The number of sulfonamides is 1. The SMILES string of the molecule is Cc1ccsc1CN(CC(=O)Nc1cccc(S(=O)(=O)NC2=NCCCCC2)c1)C(C)C. The minimum absolute atomic E-state index is 0.108. The van der Waals surface area contributed by atoms with Gasteiger partial charge in [-0.1, -0.05) is 12.5 Å². The molecule has 0 atom stereocenters. The van der Waals surface area contributed by atoms with Crippen molar-refractivity contribution in [1.82, 2.24) is 9.62 Å². The highest BCUT2D eigenvalue weighted by atomic mass is 32.2. The van der Waals surface area contributed by atoms with Crippen molar-refractivity contribution < 1.29 is 13.2 Å². The van der Waals surface area contributed by atoms with Crippen LogP contribution in [0.1, 0.15) is 50.0 Å². The van der Waals surface area contributed by atoms with Crippen LogP contribution in [-0.4, -0.2) is 44.2 Å². The Kier molecular flexibility index (Phi) is 8.44. The minimum atomic E-state index is -3.75. The topological polar surface area (TPSA) is 90.9 Å². The second kappa shape index (κ2) is 11.1. The van der Waals surface area contributed by atoms with Crippen LogP contribution in [0.5, 0.6) is 0 Å². The van der Waals surface area contributed by atoms with Gasteiger partial charge >= 0.3 is 0 Å². The van der Waals surface area contributed by atoms with Gasteiger partial charge in [-0.3, -0.25) is 19.4 Å². The van der Waals surface area contributed by atoms with Crippen molar-refractivity contribution in [3.8, 4) is 0 Å². The molecule has 9 heteroatoms. The van der Waals surface area contributed by atoms with Crippen LogP contribution >= 0.6 is 11.3 Å². The summed E-state index contributed by atoms with van der Waals surface area (Å²) in [6.45, 7) is 7.77. The van der Waals surface area contributed by atoms with Gasteiger partial charge < -0.3 is 5.32 Å². The molecule has 0 saturated carbocycles. The first-order valence-corrected chi connectivity index (χ1v) is 13.3. The monoisotopic (exact) mass is 476 g/mol. The molecule has 2 heterocycles. The number of aliphatic imine (C=N–C) groups is 1. The fourth-order valence-corrected chi connectivity index (χ4v) is 5.53. The maximum absolute atomic E-state index is 12.8. The van der Waals surface area contributed by atoms with E-state index in [1.807, 2.05) is 0 Å². The number of nitrogens with zero attached hydrogens (tertiary/aromatic N) is 2. The van der Waals surface area contributed by atoms with Gasteiger partial charge in [-0.25, -0.2) is 8.42 Å². The van der Waals surface area contributed by atoms with E-state index < -0.39 is 10.0 Å². The van der Waals surface area contributed by atoms with E-state index in [-0.39, 0.29) is 23.4 Å². The Morgan fingerprint density at radius 2 is 2.03 bits per heavy atom. The summed E-state index contributed by atoms with van der Waals surface area (Å²) in [5.74, 6) is 0.331. The fourth-order valence-electron chi connectivity index (χ4n) is 3.47. The van der Waals surface area contributed by atoms with Gasteiger partial charge in [-0.2, -0.15) is 0 Å². The Bertz CT molecular complexity index is 1060. The molecule has 2 N–H and O–H groups in total. The summed E-state index contributed by atoms with van der Waals surface area (Å²) in [5, 5.41) is 4.91. The molecule has 0 bridgehead atoms. The van der Waals surface area contributed by atoms with Gasteiger partial charge in [0.1, 0.15) is 5.84 Å². The molecule has 2 aromatic rings. The fraction of sp³-hybridized carbons (Fsp3) is 0.478. The van der Waals surface area contributed by atoms with E-state index in [0.29, 0.717) is 31.0 Å². The molecule has 1 amide bonds. The lowest BCUT2D eigenvalue weighted by Crippen LogP contribution is -2.37. The summed E-state index contributed by atoms with van der Waals surface area (Å²) in [6, 6.07) is 8.62. The van der Waals surface area contributed by atoms with Gasteiger partial charge in [0.2, 0.25) is 5.91 Å². The number of carbonyl (C=O) groups excluding carboxylic acids is 1. The molecule has 1 aromatic heterocycles. The molecule has 7 nitrogen and oxygen atoms in total. The molecule has 0 radical (unpaired) electrons. The standard InChI is InChI=1S/C23H32N4O3S2/c1-17(2)27(15-21-18(3)11-13-31-21)16-23(28)25-19-8-7-9-20(14-19)32(29,30)26-22-10-5-4-6-12-24-22/h7-9,11,13-14,17H,4-6,10,12,15-16H2,1-3H3,(H,24,26)(H,25,28). The first-order valence-electron chi connectivity index (χ1n) is 11.0. The summed E-state index contributed by atoms with van der Waals surface area (Å²) < 4.78 is 28.2. The lowest BCUT2D eigenvalue weighted by molar-refractivity contribution is -0.117. The van der Waals surface area contributed by atoms with Crippen LogP contribution in [-0.2, 0) is 21.4 Å². The summed E-state index contributed by atoms with van der Waals surface area (Å²) in [5.41, 5.74) is 1.68. The maximum Gasteiger partial charge on any atom is 0.262 e. The zero-order valence-electron chi connectivity index (χ0n) is 18.9. The molecule has 0 saturated heterocycles. The smallest absolute Gasteiger partial charge is 0.262 e. The largest absolute Gasteiger partial charge is 0.325 e. The molecule has 0 unspecified atom stereocenters. The van der Waals surface area contributed by atoms with Crippen LogP contribution < -0.4 is 10.0 Å². The summed E-state index contributed by atoms with van der Waals surface area (Å²) in [7, 11) is -3.75. The molecule has 3 rings (SSSR count). The molecular formula is C23H32N4O3S2. The normalized spacial score (nSPS) is 14.8. The average molecular weight is 477 g/mol. The molecule has 1 aliphatic rings. The number of anilines is 1. The van der Waals surface area contributed by atoms with E-state index >= 15 is 0 Å². The molecule has 174 valence electrons. The van der Waals surface area contributed by atoms with E-state index in [4.69, 9.17) is 0 Å². The third-order valence-electron chi connectivity index (χ3n) is 5.45. The number of amides is 1. The number of aryl methyl sites for hydroxylation is 1. The van der Waals surface area contributed by atoms with Gasteiger partial charge in [-0.05, 0) is 68.8 Å². The van der Waals surface area contributed by atoms with Gasteiger partial charge in [-0.15, -0.1) is 11.3 Å². The highest BCUT2D eigenvalue weighted by Crippen LogP contribution is 2.20. The number of amidine groups is 1. The van der Waals surface area contributed by atoms with Crippen molar-refractivity contribution in [2.75, 3.05) is 18.4 Å². The third kappa shape index (κ3) is 6.88. The second-order valence-electron chi connectivity index (χ2n) is 8.35. The van der Waals surface area contributed by atoms with E-state index in [0.717, 1.165) is 19.3 Å². The van der Waals surface area contributed by atoms with E-state index in [9.17, 15) is 13.2 Å². The van der Waals surface area contributed by atoms with Crippen molar-refractivity contribution in [3.05, 3.63) is 46.2 Å². The Morgan fingerprint density at radius 3 is 2.75 bits per heavy atom. The Labute approximate surface area is 195 Å². The summed E-state index contributed by atoms with van der Waals surface area (Å²) in [4.78, 5) is 20.5. The van der Waals surface area contributed by atoms with Gasteiger partial charge in [0.25, 0.3) is 10.0 Å². The van der Waals surface area contributed by atoms with Crippen LogP contribution in [0.2, 0.25) is 0 Å². The van der Waals surface area contributed by atoms with Crippen LogP contribution in [0.15, 0.2) is 45.6 Å². The van der Waals surface area contributed by atoms with Crippen molar-refractivity contribution in [2.45, 2.75) is 63.9 Å². The number of carbonyl (C=O) groups is 1. The average Bonchev–Trinajstić information content (AvgIpc) is 2.97. The summed E-state index contributed by atoms with van der Waals surface area (Å²) >= 11 is 1.69. The van der Waals surface area contributed by atoms with Crippen molar-refractivity contribution in [1.29, 1.82) is 0 Å². The number of nitrogens with one attached hydrogen (secondary N) is 2. The predicted octanol–water partition coefficient (Wildman–Crippen LogP) is 4.16. The molecule has 0 aliphatic carbocycles. The first-order chi connectivity index (χ1) is 15.2. The number of rotatable bonds is 8. The lowest BCUT2D eigenvalue weighted by atomic mass is 10.2. The van der Waals surface area contributed by atoms with Crippen molar-refractivity contribution in [3.63, 3.8) is 0 Å². The molecule has 1 aliphatic heterocycles. The third-order valence-corrected chi connectivity index (χ3v) is 7.83. The van der Waals surface area contributed by atoms with Crippen molar-refractivity contribution in [2.24, 2.45) is 4.99 Å². The van der Waals surface area contributed by atoms with Gasteiger partial charge in [0.15, 0.2) is 0 Å². The highest BCUT2D eigenvalue weighted by molar-refractivity contribution is 7.90. The quantitative estimate of drug-likeness (QED) is 0.599. The van der Waals surface area contributed by atoms with E-state index in [1.165, 1.54) is 22.6 Å². The minimum Gasteiger partial charge on any atom is -0.325 e. The lowest BCUT2D eigenvalue weighted by Gasteiger charge is -2.25. The summed E-state index contributed by atoms with van der Waals surface area (Å²) in [6.07, 6.45) is 3.58. The zero-order chi connectivity index (χ0) is 23.1. The molecule has 0 spiro atoms. The first kappa shape index (κ1) is 24.4. The highest BCUT2D eigenvalue weighted by Gasteiger charge is 2.19. The Morgan fingerprint density at radius 1 is 1.22 bits per heavy atom. The van der Waals surface area contributed by atoms with Gasteiger partial charge in [0, 0.05) is 36.1 Å². The predicted molar refractivity (Wildman–Crippen MR) is 131 cm³/mol. The van der Waals surface area contributed by atoms with Crippen molar-refractivity contribution >= 4 is 38.8 Å². The second-order valence-corrected chi connectivity index (χ2v) is 11.0. The van der Waals surface area contributed by atoms with Crippen LogP contribution in [0, 0.1) is 6.92 Å². The van der Waals surface area contributed by atoms with E-state index in [1.54, 1.807) is 23.5 Å². The number of thiophene rings is 1. The number of hydrogen-bond acceptors (Lipinski definition) is 6. The van der Waals surface area contributed by atoms with Crippen LogP contribution in [0.25, 0.3) is 0 Å². The van der Waals surface area contributed by atoms with Crippen LogP contribution in [0.4, 0.5) is 5.69 Å². The maximum atomic E-state index is 12.8. The molecule has 0 fully saturated rings. The van der Waals surface area contributed by atoms with Crippen LogP contribution in [0.3, 0.4) is 0 Å².